The molecule has 0 aliphatic heterocycles. The Kier molecular flexibility index (Phi) is 6.11. The Hall–Kier alpha value is -2.14. The zero-order valence-corrected chi connectivity index (χ0v) is 12.1. The zero-order chi connectivity index (χ0) is 16.0. The van der Waals surface area contributed by atoms with Crippen LogP contribution in [0.25, 0.3) is 0 Å². The summed E-state index contributed by atoms with van der Waals surface area (Å²) in [5, 5.41) is 18.5. The maximum absolute atomic E-state index is 13.7. The van der Waals surface area contributed by atoms with Crippen molar-refractivity contribution in [2.45, 2.75) is 24.5 Å². The number of benzene rings is 1. The van der Waals surface area contributed by atoms with Gasteiger partial charge in [-0.2, -0.15) is 5.26 Å². The number of nitro benzene ring substituents is 1. The average Bonchev–Trinajstić information content (AvgIpc) is 2.43. The molecule has 8 heteroatoms. The first-order chi connectivity index (χ1) is 9.86. The lowest BCUT2D eigenvalue weighted by Gasteiger charge is -2.13. The highest BCUT2D eigenvalue weighted by Crippen LogP contribution is 2.28. The van der Waals surface area contributed by atoms with Crippen LogP contribution in [0.2, 0.25) is 0 Å². The number of thioether (sulfide) groups is 1. The lowest BCUT2D eigenvalue weighted by Crippen LogP contribution is -2.24. The average molecular weight is 311 g/mol. The van der Waals surface area contributed by atoms with Gasteiger partial charge in [-0.1, -0.05) is 6.92 Å². The van der Waals surface area contributed by atoms with Crippen LogP contribution in [0.4, 0.5) is 10.1 Å². The molecule has 1 rings (SSSR count). The molecule has 0 fully saturated rings. The molecular weight excluding hydrogens is 297 g/mol. The molecule has 21 heavy (non-hydrogen) atoms. The molecule has 6 nitrogen and oxygen atoms in total. The van der Waals surface area contributed by atoms with E-state index in [-0.39, 0.29) is 17.2 Å². The van der Waals surface area contributed by atoms with E-state index in [4.69, 9.17) is 11.0 Å². The first-order valence-electron chi connectivity index (χ1n) is 6.11. The summed E-state index contributed by atoms with van der Waals surface area (Å²) < 4.78 is 13.7. The van der Waals surface area contributed by atoms with Gasteiger partial charge < -0.3 is 5.73 Å². The molecule has 112 valence electrons. The summed E-state index contributed by atoms with van der Waals surface area (Å²) in [5.41, 5.74) is 5.11. The predicted octanol–water partition coefficient (Wildman–Crippen LogP) is 2.34. The van der Waals surface area contributed by atoms with E-state index < -0.39 is 21.9 Å². The number of nitro groups is 1. The summed E-state index contributed by atoms with van der Waals surface area (Å²) >= 11 is 1.08. The molecule has 2 atom stereocenters. The van der Waals surface area contributed by atoms with E-state index in [9.17, 15) is 19.3 Å². The van der Waals surface area contributed by atoms with Crippen molar-refractivity contribution in [3.63, 3.8) is 0 Å². The first-order valence-corrected chi connectivity index (χ1v) is 7.16. The lowest BCUT2D eigenvalue weighted by molar-refractivity contribution is -0.385. The first kappa shape index (κ1) is 16.9. The van der Waals surface area contributed by atoms with E-state index in [0.29, 0.717) is 12.2 Å². The second-order valence-corrected chi connectivity index (χ2v) is 5.65. The second kappa shape index (κ2) is 7.59. The number of nitriles is 1. The molecule has 0 aromatic heterocycles. The molecule has 1 unspecified atom stereocenters. The van der Waals surface area contributed by atoms with Crippen LogP contribution in [0, 0.1) is 27.3 Å². The fraction of sp³-hybridized carbons (Fsp3) is 0.385. The Labute approximate surface area is 125 Å². The third-order valence-corrected chi connectivity index (χ3v) is 4.07. The predicted molar refractivity (Wildman–Crippen MR) is 77.1 cm³/mol. The number of rotatable bonds is 7. The van der Waals surface area contributed by atoms with Crippen LogP contribution in [0.15, 0.2) is 18.2 Å². The SMILES string of the molecule is CC(CCS[C@@H](C#N)C(N)=O)c1cc([N+](=O)[O-])ccc1F. The Morgan fingerprint density at radius 2 is 2.29 bits per heavy atom. The number of carbonyl (C=O) groups is 1. The summed E-state index contributed by atoms with van der Waals surface area (Å²) in [6, 6.07) is 5.16. The van der Waals surface area contributed by atoms with Crippen molar-refractivity contribution in [1.29, 1.82) is 5.26 Å². The number of primary amides is 1. The van der Waals surface area contributed by atoms with E-state index in [1.807, 2.05) is 0 Å². The van der Waals surface area contributed by atoms with Gasteiger partial charge in [0.1, 0.15) is 5.82 Å². The maximum Gasteiger partial charge on any atom is 0.269 e. The van der Waals surface area contributed by atoms with Crippen LogP contribution in [-0.4, -0.2) is 21.8 Å². The topological polar surface area (TPSA) is 110 Å². The minimum absolute atomic E-state index is 0.169. The van der Waals surface area contributed by atoms with Crippen LogP contribution >= 0.6 is 11.8 Å². The zero-order valence-electron chi connectivity index (χ0n) is 11.3. The van der Waals surface area contributed by atoms with Gasteiger partial charge in [-0.3, -0.25) is 14.9 Å². The summed E-state index contributed by atoms with van der Waals surface area (Å²) in [6.07, 6.45) is 0.466. The standard InChI is InChI=1S/C13H14FN3O3S/c1-8(4-5-21-12(7-15)13(16)18)10-6-9(17(19)20)2-3-11(10)14/h2-3,6,8,12H,4-5H2,1H3,(H2,16,18)/t8?,12-/m0/s1. The van der Waals surface area contributed by atoms with Gasteiger partial charge in [-0.05, 0) is 29.7 Å². The van der Waals surface area contributed by atoms with E-state index >= 15 is 0 Å². The minimum Gasteiger partial charge on any atom is -0.368 e. The fourth-order valence-electron chi connectivity index (χ4n) is 1.72. The second-order valence-electron chi connectivity index (χ2n) is 4.43. The molecule has 0 spiro atoms. The van der Waals surface area contributed by atoms with Gasteiger partial charge in [-0.25, -0.2) is 4.39 Å². The Bertz CT molecular complexity index is 589. The van der Waals surface area contributed by atoms with Crippen molar-refractivity contribution in [3.05, 3.63) is 39.7 Å². The van der Waals surface area contributed by atoms with Crippen molar-refractivity contribution in [3.8, 4) is 6.07 Å². The van der Waals surface area contributed by atoms with E-state index in [2.05, 4.69) is 0 Å². The summed E-state index contributed by atoms with van der Waals surface area (Å²) in [4.78, 5) is 21.0. The van der Waals surface area contributed by atoms with Crippen molar-refractivity contribution < 1.29 is 14.1 Å². The largest absolute Gasteiger partial charge is 0.368 e. The maximum atomic E-state index is 13.7. The molecule has 0 heterocycles. The molecule has 1 amide bonds. The third kappa shape index (κ3) is 4.72. The Morgan fingerprint density at radius 3 is 2.81 bits per heavy atom. The molecule has 0 saturated carbocycles. The summed E-state index contributed by atoms with van der Waals surface area (Å²) in [5.74, 6) is -1.07. The summed E-state index contributed by atoms with van der Waals surface area (Å²) in [7, 11) is 0. The van der Waals surface area contributed by atoms with Crippen molar-refractivity contribution >= 4 is 23.4 Å². The van der Waals surface area contributed by atoms with Gasteiger partial charge in [0.15, 0.2) is 5.25 Å². The number of hydrogen-bond donors (Lipinski definition) is 1. The number of non-ortho nitro benzene ring substituents is 1. The number of nitrogens with two attached hydrogens (primary N) is 1. The van der Waals surface area contributed by atoms with Crippen molar-refractivity contribution in [1.82, 2.24) is 0 Å². The number of carbonyl (C=O) groups excluding carboxylic acids is 1. The van der Waals surface area contributed by atoms with Gasteiger partial charge in [0.25, 0.3) is 5.69 Å². The smallest absolute Gasteiger partial charge is 0.269 e. The molecule has 1 aromatic rings. The lowest BCUT2D eigenvalue weighted by atomic mass is 9.97. The number of hydrogen-bond acceptors (Lipinski definition) is 5. The van der Waals surface area contributed by atoms with E-state index in [0.717, 1.165) is 23.9 Å². The van der Waals surface area contributed by atoms with Crippen LogP contribution in [0.3, 0.4) is 0 Å². The van der Waals surface area contributed by atoms with Gasteiger partial charge in [-0.15, -0.1) is 11.8 Å². The number of amides is 1. The monoisotopic (exact) mass is 311 g/mol. The van der Waals surface area contributed by atoms with Gasteiger partial charge in [0.05, 0.1) is 11.0 Å². The quantitative estimate of drug-likeness (QED) is 0.614. The van der Waals surface area contributed by atoms with Gasteiger partial charge in [0, 0.05) is 12.1 Å². The van der Waals surface area contributed by atoms with Gasteiger partial charge >= 0.3 is 0 Å². The minimum atomic E-state index is -0.938. The van der Waals surface area contributed by atoms with Crippen molar-refractivity contribution in [2.75, 3.05) is 5.75 Å². The van der Waals surface area contributed by atoms with Crippen LogP contribution in [0.5, 0.6) is 0 Å². The summed E-state index contributed by atoms with van der Waals surface area (Å²) in [6.45, 7) is 1.73. The van der Waals surface area contributed by atoms with Crippen LogP contribution < -0.4 is 5.73 Å². The third-order valence-electron chi connectivity index (χ3n) is 2.93. The molecule has 0 radical (unpaired) electrons. The molecule has 1 aromatic carbocycles. The van der Waals surface area contributed by atoms with Crippen molar-refractivity contribution in [2.24, 2.45) is 5.73 Å². The number of nitrogens with zero attached hydrogens (tertiary/aromatic N) is 2. The van der Waals surface area contributed by atoms with E-state index in [1.165, 1.54) is 6.07 Å². The molecule has 0 aliphatic rings. The normalized spacial score (nSPS) is 13.2. The highest BCUT2D eigenvalue weighted by molar-refractivity contribution is 8.00. The molecule has 2 N–H and O–H groups in total. The molecular formula is C13H14FN3O3S. The van der Waals surface area contributed by atoms with Crippen LogP contribution in [0.1, 0.15) is 24.8 Å². The molecule has 0 aliphatic carbocycles. The number of halogens is 1. The van der Waals surface area contributed by atoms with Crippen LogP contribution in [-0.2, 0) is 4.79 Å². The molecule has 0 bridgehead atoms. The Morgan fingerprint density at radius 1 is 1.62 bits per heavy atom. The highest BCUT2D eigenvalue weighted by atomic mass is 32.2. The Balaban J connectivity index is 2.70. The van der Waals surface area contributed by atoms with E-state index in [1.54, 1.807) is 13.0 Å². The highest BCUT2D eigenvalue weighted by Gasteiger charge is 2.18. The van der Waals surface area contributed by atoms with Gasteiger partial charge in [0.2, 0.25) is 5.91 Å². The molecule has 0 saturated heterocycles. The fourth-order valence-corrected chi connectivity index (χ4v) is 2.69.